The predicted octanol–water partition coefficient (Wildman–Crippen LogP) is 1.13. The Morgan fingerprint density at radius 3 is 2.78 bits per heavy atom. The molecule has 0 saturated carbocycles. The van der Waals surface area contributed by atoms with Gasteiger partial charge in [-0.25, -0.2) is 4.98 Å². The predicted molar refractivity (Wildman–Crippen MR) is 97.7 cm³/mol. The molecule has 3 aliphatic heterocycles. The van der Waals surface area contributed by atoms with Crippen molar-refractivity contribution in [3.8, 4) is 0 Å². The Bertz CT molecular complexity index is 821. The molecule has 27 heavy (non-hydrogen) atoms. The van der Waals surface area contributed by atoms with Crippen LogP contribution < -0.4 is 0 Å². The Balaban J connectivity index is 1.42. The molecule has 3 saturated heterocycles. The minimum Gasteiger partial charge on any atom is -0.338 e. The lowest BCUT2D eigenvalue weighted by Crippen LogP contribution is -2.48. The molecule has 0 aromatic carbocycles. The molecule has 5 rings (SSSR count). The summed E-state index contributed by atoms with van der Waals surface area (Å²) in [6, 6.07) is 2.02. The van der Waals surface area contributed by atoms with Crippen molar-refractivity contribution in [1.82, 2.24) is 29.5 Å². The van der Waals surface area contributed by atoms with Crippen LogP contribution in [0.5, 0.6) is 0 Å². The fourth-order valence-electron chi connectivity index (χ4n) is 4.10. The van der Waals surface area contributed by atoms with Crippen molar-refractivity contribution in [2.45, 2.75) is 38.8 Å². The average molecular weight is 368 g/mol. The number of rotatable bonds is 4. The standard InChI is InChI=1S/C19H24N6O2/c1-14-4-6-22-25(14)9-5-18(26)24-12-15-2-3-16(24)13-23(11-15)19(27)17-10-20-7-8-21-17/h4,6-8,10,15-16H,2-3,5,9,11-13H2,1H3/t15-,16+/m0/s1. The maximum atomic E-state index is 12.9. The lowest BCUT2D eigenvalue weighted by Gasteiger charge is -2.36. The number of fused-ring (bicyclic) bond motifs is 4. The molecular weight excluding hydrogens is 344 g/mol. The summed E-state index contributed by atoms with van der Waals surface area (Å²) in [5, 5.41) is 4.25. The van der Waals surface area contributed by atoms with Gasteiger partial charge < -0.3 is 9.80 Å². The van der Waals surface area contributed by atoms with Gasteiger partial charge >= 0.3 is 0 Å². The molecule has 3 fully saturated rings. The van der Waals surface area contributed by atoms with Crippen LogP contribution in [0.4, 0.5) is 0 Å². The summed E-state index contributed by atoms with van der Waals surface area (Å²) in [5.74, 6) is 0.370. The number of hydrogen-bond donors (Lipinski definition) is 0. The molecule has 142 valence electrons. The summed E-state index contributed by atoms with van der Waals surface area (Å²) in [4.78, 5) is 37.6. The molecule has 8 nitrogen and oxygen atoms in total. The van der Waals surface area contributed by atoms with Crippen molar-refractivity contribution in [1.29, 1.82) is 0 Å². The normalized spacial score (nSPS) is 22.0. The second-order valence-electron chi connectivity index (χ2n) is 7.39. The van der Waals surface area contributed by atoms with E-state index in [4.69, 9.17) is 0 Å². The lowest BCUT2D eigenvalue weighted by molar-refractivity contribution is -0.135. The van der Waals surface area contributed by atoms with Crippen molar-refractivity contribution in [2.24, 2.45) is 5.92 Å². The van der Waals surface area contributed by atoms with Gasteiger partial charge in [0.25, 0.3) is 5.91 Å². The molecule has 2 bridgehead atoms. The number of aryl methyl sites for hydroxylation is 2. The van der Waals surface area contributed by atoms with Crippen molar-refractivity contribution in [2.75, 3.05) is 19.6 Å². The fraction of sp³-hybridized carbons (Fsp3) is 0.526. The van der Waals surface area contributed by atoms with Crippen LogP contribution >= 0.6 is 0 Å². The van der Waals surface area contributed by atoms with E-state index >= 15 is 0 Å². The number of aromatic nitrogens is 4. The Morgan fingerprint density at radius 1 is 1.15 bits per heavy atom. The van der Waals surface area contributed by atoms with Gasteiger partial charge in [-0.15, -0.1) is 0 Å². The number of hydrogen-bond acceptors (Lipinski definition) is 5. The van der Waals surface area contributed by atoms with E-state index in [-0.39, 0.29) is 17.9 Å². The molecule has 0 N–H and O–H groups in total. The third kappa shape index (κ3) is 3.70. The highest BCUT2D eigenvalue weighted by Crippen LogP contribution is 2.29. The van der Waals surface area contributed by atoms with Crippen LogP contribution in [0.2, 0.25) is 0 Å². The Morgan fingerprint density at radius 2 is 2.04 bits per heavy atom. The molecule has 0 unspecified atom stereocenters. The van der Waals surface area contributed by atoms with E-state index in [0.717, 1.165) is 25.1 Å². The molecule has 2 atom stereocenters. The van der Waals surface area contributed by atoms with Gasteiger partial charge in [0.2, 0.25) is 5.91 Å². The topological polar surface area (TPSA) is 84.2 Å². The lowest BCUT2D eigenvalue weighted by atomic mass is 9.94. The van der Waals surface area contributed by atoms with E-state index in [0.29, 0.717) is 37.7 Å². The van der Waals surface area contributed by atoms with Crippen LogP contribution in [0.25, 0.3) is 0 Å². The van der Waals surface area contributed by atoms with E-state index in [1.165, 1.54) is 12.4 Å². The van der Waals surface area contributed by atoms with Crippen molar-refractivity contribution >= 4 is 11.8 Å². The van der Waals surface area contributed by atoms with E-state index < -0.39 is 0 Å². The van der Waals surface area contributed by atoms with Crippen LogP contribution in [-0.2, 0) is 11.3 Å². The number of piperidine rings is 1. The molecule has 0 radical (unpaired) electrons. The van der Waals surface area contributed by atoms with Gasteiger partial charge in [-0.05, 0) is 31.7 Å². The van der Waals surface area contributed by atoms with Crippen molar-refractivity contribution in [3.05, 3.63) is 42.2 Å². The molecule has 5 heterocycles. The quantitative estimate of drug-likeness (QED) is 0.808. The summed E-state index contributed by atoms with van der Waals surface area (Å²) in [6.07, 6.45) is 8.79. The monoisotopic (exact) mass is 368 g/mol. The first-order valence-electron chi connectivity index (χ1n) is 9.45. The number of carbonyl (C=O) groups is 2. The van der Waals surface area contributed by atoms with Gasteiger partial charge in [0.15, 0.2) is 0 Å². The molecule has 2 aromatic rings. The van der Waals surface area contributed by atoms with Crippen LogP contribution in [0.1, 0.15) is 35.4 Å². The molecule has 2 aromatic heterocycles. The fourth-order valence-corrected chi connectivity index (χ4v) is 4.10. The Hall–Kier alpha value is -2.77. The zero-order chi connectivity index (χ0) is 18.8. The van der Waals surface area contributed by atoms with Gasteiger partial charge in [-0.2, -0.15) is 5.10 Å². The van der Waals surface area contributed by atoms with E-state index in [9.17, 15) is 9.59 Å². The Labute approximate surface area is 158 Å². The van der Waals surface area contributed by atoms with Crippen LogP contribution in [0.15, 0.2) is 30.9 Å². The smallest absolute Gasteiger partial charge is 0.274 e. The maximum Gasteiger partial charge on any atom is 0.274 e. The molecular formula is C19H24N6O2. The first-order chi connectivity index (χ1) is 13.1. The molecule has 3 aliphatic rings. The highest BCUT2D eigenvalue weighted by atomic mass is 16.2. The zero-order valence-corrected chi connectivity index (χ0v) is 15.5. The summed E-state index contributed by atoms with van der Waals surface area (Å²) in [6.45, 7) is 4.55. The minimum atomic E-state index is -0.0959. The zero-order valence-electron chi connectivity index (χ0n) is 15.5. The maximum absolute atomic E-state index is 12.9. The second-order valence-corrected chi connectivity index (χ2v) is 7.39. The number of amides is 2. The molecule has 8 heteroatoms. The second kappa shape index (κ2) is 7.46. The third-order valence-corrected chi connectivity index (χ3v) is 5.57. The summed E-state index contributed by atoms with van der Waals surface area (Å²) < 4.78 is 1.86. The summed E-state index contributed by atoms with van der Waals surface area (Å²) in [5.41, 5.74) is 1.42. The largest absolute Gasteiger partial charge is 0.338 e. The highest BCUT2D eigenvalue weighted by molar-refractivity contribution is 5.92. The van der Waals surface area contributed by atoms with Gasteiger partial charge in [0.1, 0.15) is 5.69 Å². The Kier molecular flexibility index (Phi) is 4.87. The average Bonchev–Trinajstić information content (AvgIpc) is 2.91. The van der Waals surface area contributed by atoms with Gasteiger partial charge in [-0.3, -0.25) is 19.3 Å². The van der Waals surface area contributed by atoms with Crippen molar-refractivity contribution < 1.29 is 9.59 Å². The first-order valence-corrected chi connectivity index (χ1v) is 9.45. The van der Waals surface area contributed by atoms with E-state index in [2.05, 4.69) is 15.1 Å². The molecule has 0 spiro atoms. The minimum absolute atomic E-state index is 0.0792. The van der Waals surface area contributed by atoms with Crippen LogP contribution in [-0.4, -0.2) is 67.0 Å². The first kappa shape index (κ1) is 17.6. The van der Waals surface area contributed by atoms with Crippen LogP contribution in [0, 0.1) is 12.8 Å². The SMILES string of the molecule is Cc1ccnn1CCC(=O)N1C[C@H]2CC[C@@H]1CN(C(=O)c1cnccn1)C2. The highest BCUT2D eigenvalue weighted by Gasteiger charge is 2.38. The van der Waals surface area contributed by atoms with Gasteiger partial charge in [0.05, 0.1) is 6.20 Å². The van der Waals surface area contributed by atoms with Gasteiger partial charge in [-0.1, -0.05) is 0 Å². The summed E-state index contributed by atoms with van der Waals surface area (Å²) in [7, 11) is 0. The van der Waals surface area contributed by atoms with E-state index in [1.54, 1.807) is 12.4 Å². The summed E-state index contributed by atoms with van der Waals surface area (Å²) >= 11 is 0. The number of nitrogens with zero attached hydrogens (tertiary/aromatic N) is 6. The molecule has 0 aliphatic carbocycles. The number of carbonyl (C=O) groups excluding carboxylic acids is 2. The van der Waals surface area contributed by atoms with Crippen LogP contribution in [0.3, 0.4) is 0 Å². The third-order valence-electron chi connectivity index (χ3n) is 5.57. The van der Waals surface area contributed by atoms with Crippen molar-refractivity contribution in [3.63, 3.8) is 0 Å². The van der Waals surface area contributed by atoms with Gasteiger partial charge in [0, 0.05) is 62.9 Å². The molecule has 2 amide bonds. The van der Waals surface area contributed by atoms with E-state index in [1.807, 2.05) is 27.5 Å².